The number of rotatable bonds is 6. The summed E-state index contributed by atoms with van der Waals surface area (Å²) in [5, 5.41) is 23.6. The molecule has 3 unspecified atom stereocenters. The fourth-order valence-electron chi connectivity index (χ4n) is 3.98. The topological polar surface area (TPSA) is 78.8 Å². The van der Waals surface area contributed by atoms with E-state index in [2.05, 4.69) is 26.1 Å². The molecule has 3 N–H and O–H groups in total. The van der Waals surface area contributed by atoms with Crippen molar-refractivity contribution >= 4 is 5.91 Å². The van der Waals surface area contributed by atoms with E-state index in [1.165, 1.54) is 7.11 Å². The van der Waals surface area contributed by atoms with Crippen LogP contribution in [0.25, 0.3) is 0 Å². The van der Waals surface area contributed by atoms with Crippen LogP contribution in [0.1, 0.15) is 45.6 Å². The first-order valence-electron chi connectivity index (χ1n) is 9.14. The smallest absolute Gasteiger partial charge is 0.252 e. The molecule has 140 valence electrons. The molecule has 5 nitrogen and oxygen atoms in total. The molecule has 0 heterocycles. The largest absolute Gasteiger partial charge is 0.504 e. The maximum absolute atomic E-state index is 12.7. The predicted molar refractivity (Wildman–Crippen MR) is 97.7 cm³/mol. The summed E-state index contributed by atoms with van der Waals surface area (Å²) < 4.78 is 5.10. The van der Waals surface area contributed by atoms with Crippen LogP contribution in [0.15, 0.2) is 18.2 Å². The van der Waals surface area contributed by atoms with Crippen LogP contribution >= 0.6 is 0 Å². The minimum absolute atomic E-state index is 0.00235. The summed E-state index contributed by atoms with van der Waals surface area (Å²) in [7, 11) is 1.51. The molecule has 1 aromatic rings. The van der Waals surface area contributed by atoms with Crippen LogP contribution in [0.4, 0.5) is 0 Å². The Bertz CT molecular complexity index is 601. The summed E-state index contributed by atoms with van der Waals surface area (Å²) in [6, 6.07) is 5.15. The number of phenols is 1. The average Bonchev–Trinajstić information content (AvgIpc) is 2.55. The van der Waals surface area contributed by atoms with Gasteiger partial charge in [-0.3, -0.25) is 4.79 Å². The van der Waals surface area contributed by atoms with Crippen LogP contribution < -0.4 is 10.1 Å². The molecule has 1 aliphatic rings. The molecule has 1 fully saturated rings. The molecule has 25 heavy (non-hydrogen) atoms. The third kappa shape index (κ3) is 4.46. The molecule has 0 spiro atoms. The number of nitrogens with one attached hydrogen (secondary N) is 1. The van der Waals surface area contributed by atoms with E-state index in [9.17, 15) is 15.0 Å². The molecule has 2 rings (SSSR count). The average molecular weight is 349 g/mol. The summed E-state index contributed by atoms with van der Waals surface area (Å²) in [6.45, 7) is 6.68. The number of hydrogen-bond donors (Lipinski definition) is 3. The first-order valence-corrected chi connectivity index (χ1v) is 9.14. The molecule has 0 bridgehead atoms. The lowest BCUT2D eigenvalue weighted by atomic mass is 9.66. The molecule has 5 heteroatoms. The Labute approximate surface area is 150 Å². The fraction of sp³-hybridized carbons (Fsp3) is 0.650. The van der Waals surface area contributed by atoms with Gasteiger partial charge in [-0.05, 0) is 54.7 Å². The second-order valence-corrected chi connectivity index (χ2v) is 7.67. The van der Waals surface area contributed by atoms with Gasteiger partial charge in [0.2, 0.25) is 0 Å². The number of phenolic OH excluding ortho intramolecular Hbond substituents is 1. The molecule has 0 radical (unpaired) electrons. The van der Waals surface area contributed by atoms with Crippen molar-refractivity contribution in [3.8, 4) is 11.5 Å². The van der Waals surface area contributed by atoms with E-state index in [0.717, 1.165) is 18.4 Å². The summed E-state index contributed by atoms with van der Waals surface area (Å²) in [5.74, 6) is 0.877. The monoisotopic (exact) mass is 349 g/mol. The van der Waals surface area contributed by atoms with E-state index in [1.807, 2.05) is 0 Å². The first kappa shape index (κ1) is 19.6. The third-order valence-electron chi connectivity index (χ3n) is 5.38. The first-order chi connectivity index (χ1) is 11.8. The molecule has 3 atom stereocenters. The molecule has 0 saturated heterocycles. The van der Waals surface area contributed by atoms with E-state index in [1.54, 1.807) is 18.2 Å². The van der Waals surface area contributed by atoms with Crippen molar-refractivity contribution in [1.82, 2.24) is 5.32 Å². The number of carbonyl (C=O) groups excluding carboxylic acids is 1. The lowest BCUT2D eigenvalue weighted by molar-refractivity contribution is -0.155. The van der Waals surface area contributed by atoms with Crippen LogP contribution in [0.3, 0.4) is 0 Å². The van der Waals surface area contributed by atoms with Gasteiger partial charge in [0.1, 0.15) is 5.60 Å². The number of aromatic hydroxyl groups is 1. The van der Waals surface area contributed by atoms with E-state index in [4.69, 9.17) is 4.74 Å². The van der Waals surface area contributed by atoms with Crippen molar-refractivity contribution in [2.75, 3.05) is 13.7 Å². The summed E-state index contributed by atoms with van der Waals surface area (Å²) in [6.07, 6.45) is 3.08. The van der Waals surface area contributed by atoms with Gasteiger partial charge in [-0.2, -0.15) is 0 Å². The summed E-state index contributed by atoms with van der Waals surface area (Å²) in [5.41, 5.74) is -0.322. The number of hydrogen-bond acceptors (Lipinski definition) is 4. The Hall–Kier alpha value is -1.75. The van der Waals surface area contributed by atoms with Crippen LogP contribution in [0.5, 0.6) is 11.5 Å². The van der Waals surface area contributed by atoms with E-state index >= 15 is 0 Å². The number of ether oxygens (including phenoxy) is 1. The standard InChI is InChI=1S/C20H31NO4/c1-13(2)16-7-5-14(3)12-20(16,24)19(23)21-10-9-15-6-8-17(22)18(11-15)25-4/h6,8,11,13-14,16,22,24H,5,7,9-10,12H2,1-4H3,(H,21,23). The highest BCUT2D eigenvalue weighted by Crippen LogP contribution is 2.41. The number of methoxy groups -OCH3 is 1. The van der Waals surface area contributed by atoms with Crippen molar-refractivity contribution in [3.63, 3.8) is 0 Å². The molecule has 1 aliphatic carbocycles. The Morgan fingerprint density at radius 3 is 2.76 bits per heavy atom. The van der Waals surface area contributed by atoms with Crippen molar-refractivity contribution < 1.29 is 19.7 Å². The van der Waals surface area contributed by atoms with Gasteiger partial charge in [-0.15, -0.1) is 0 Å². The minimum atomic E-state index is -1.28. The normalized spacial score (nSPS) is 26.5. The van der Waals surface area contributed by atoms with E-state index in [-0.39, 0.29) is 23.5 Å². The van der Waals surface area contributed by atoms with Gasteiger partial charge in [0, 0.05) is 6.54 Å². The number of benzene rings is 1. The molecular weight excluding hydrogens is 318 g/mol. The number of amides is 1. The molecule has 1 aromatic carbocycles. The second-order valence-electron chi connectivity index (χ2n) is 7.67. The summed E-state index contributed by atoms with van der Waals surface area (Å²) >= 11 is 0. The van der Waals surface area contributed by atoms with Crippen molar-refractivity contribution in [2.45, 2.75) is 52.1 Å². The Morgan fingerprint density at radius 2 is 2.12 bits per heavy atom. The highest BCUT2D eigenvalue weighted by atomic mass is 16.5. The molecule has 0 aromatic heterocycles. The fourth-order valence-corrected chi connectivity index (χ4v) is 3.98. The highest BCUT2D eigenvalue weighted by molar-refractivity contribution is 5.85. The maximum Gasteiger partial charge on any atom is 0.252 e. The molecule has 1 amide bonds. The quantitative estimate of drug-likeness (QED) is 0.738. The van der Waals surface area contributed by atoms with Crippen LogP contribution in [0, 0.1) is 17.8 Å². The Kier molecular flexibility index (Phi) is 6.33. The van der Waals surface area contributed by atoms with Crippen molar-refractivity contribution in [2.24, 2.45) is 17.8 Å². The SMILES string of the molecule is COc1cc(CCNC(=O)C2(O)CC(C)CCC2C(C)C)ccc1O. The zero-order valence-electron chi connectivity index (χ0n) is 15.7. The maximum atomic E-state index is 12.7. The third-order valence-corrected chi connectivity index (χ3v) is 5.38. The van der Waals surface area contributed by atoms with Crippen molar-refractivity contribution in [1.29, 1.82) is 0 Å². The van der Waals surface area contributed by atoms with Gasteiger partial charge >= 0.3 is 0 Å². The summed E-state index contributed by atoms with van der Waals surface area (Å²) in [4.78, 5) is 12.7. The van der Waals surface area contributed by atoms with Gasteiger partial charge in [-0.1, -0.05) is 33.3 Å². The molecule has 0 aliphatic heterocycles. The van der Waals surface area contributed by atoms with Crippen LogP contribution in [-0.4, -0.2) is 35.4 Å². The van der Waals surface area contributed by atoms with Crippen LogP contribution in [0.2, 0.25) is 0 Å². The van der Waals surface area contributed by atoms with Gasteiger partial charge in [0.25, 0.3) is 5.91 Å². The van der Waals surface area contributed by atoms with Gasteiger partial charge in [-0.25, -0.2) is 0 Å². The number of carbonyl (C=O) groups is 1. The lowest BCUT2D eigenvalue weighted by Gasteiger charge is -2.43. The number of aliphatic hydroxyl groups is 1. The molecular formula is C20H31NO4. The lowest BCUT2D eigenvalue weighted by Crippen LogP contribution is -2.56. The van der Waals surface area contributed by atoms with E-state index in [0.29, 0.717) is 31.1 Å². The van der Waals surface area contributed by atoms with E-state index < -0.39 is 5.60 Å². The van der Waals surface area contributed by atoms with Crippen LogP contribution in [-0.2, 0) is 11.2 Å². The zero-order valence-corrected chi connectivity index (χ0v) is 15.7. The highest BCUT2D eigenvalue weighted by Gasteiger charge is 2.48. The van der Waals surface area contributed by atoms with Crippen molar-refractivity contribution in [3.05, 3.63) is 23.8 Å². The zero-order chi connectivity index (χ0) is 18.6. The van der Waals surface area contributed by atoms with Gasteiger partial charge in [0.15, 0.2) is 11.5 Å². The predicted octanol–water partition coefficient (Wildman–Crippen LogP) is 2.88. The second kappa shape index (κ2) is 8.09. The Balaban J connectivity index is 1.98. The van der Waals surface area contributed by atoms with Gasteiger partial charge in [0.05, 0.1) is 7.11 Å². The van der Waals surface area contributed by atoms with Gasteiger partial charge < -0.3 is 20.3 Å². The minimum Gasteiger partial charge on any atom is -0.504 e. The Morgan fingerprint density at radius 1 is 1.40 bits per heavy atom. The molecule has 1 saturated carbocycles.